The zero-order chi connectivity index (χ0) is 34.7. The van der Waals surface area contributed by atoms with Gasteiger partial charge in [-0.2, -0.15) is 0 Å². The van der Waals surface area contributed by atoms with Crippen LogP contribution in [0.3, 0.4) is 0 Å². The maximum atomic E-state index is 16.3. The minimum absolute atomic E-state index is 0.00749. The summed E-state index contributed by atoms with van der Waals surface area (Å²) in [5.41, 5.74) is -1.69. The second kappa shape index (κ2) is 14.5. The van der Waals surface area contributed by atoms with Gasteiger partial charge in [-0.05, 0) is 73.8 Å². The predicted octanol–water partition coefficient (Wildman–Crippen LogP) is 7.42. The third-order valence-corrected chi connectivity index (χ3v) is 10.4. The Morgan fingerprint density at radius 1 is 1.11 bits per heavy atom. The van der Waals surface area contributed by atoms with Crippen LogP contribution >= 0.6 is 11.6 Å². The highest BCUT2D eigenvalue weighted by molar-refractivity contribution is 6.34. The van der Waals surface area contributed by atoms with Crippen LogP contribution in [0, 0.1) is 23.1 Å². The minimum atomic E-state index is -3.75. The highest BCUT2D eigenvalue weighted by Crippen LogP contribution is 2.49. The van der Waals surface area contributed by atoms with Crippen LogP contribution in [0.1, 0.15) is 61.9 Å². The van der Waals surface area contributed by atoms with Gasteiger partial charge >= 0.3 is 0 Å². The molecule has 0 bridgehead atoms. The van der Waals surface area contributed by atoms with Crippen molar-refractivity contribution in [3.05, 3.63) is 71.0 Å². The molecule has 2 saturated heterocycles. The minimum Gasteiger partial charge on any atom is -0.497 e. The topological polar surface area (TPSA) is 62.3 Å². The van der Waals surface area contributed by atoms with Gasteiger partial charge in [-0.1, -0.05) is 31.5 Å². The van der Waals surface area contributed by atoms with E-state index in [2.05, 4.69) is 18.4 Å². The largest absolute Gasteiger partial charge is 0.497 e. The molecule has 2 fully saturated rings. The first-order chi connectivity index (χ1) is 22.1. The van der Waals surface area contributed by atoms with Crippen molar-refractivity contribution in [3.8, 4) is 5.75 Å². The summed E-state index contributed by atoms with van der Waals surface area (Å²) in [4.78, 5) is 31.8. The predicted molar refractivity (Wildman–Crippen MR) is 179 cm³/mol. The van der Waals surface area contributed by atoms with Crippen molar-refractivity contribution >= 4 is 29.1 Å². The molecule has 2 aliphatic heterocycles. The molecule has 7 nitrogen and oxygen atoms in total. The van der Waals surface area contributed by atoms with Gasteiger partial charge in [0, 0.05) is 70.6 Å². The third kappa shape index (κ3) is 7.28. The Morgan fingerprint density at radius 3 is 2.28 bits per heavy atom. The highest BCUT2D eigenvalue weighted by Gasteiger charge is 2.64. The molecule has 0 N–H and O–H groups in total. The van der Waals surface area contributed by atoms with Crippen LogP contribution in [0.4, 0.5) is 18.9 Å². The first-order valence-corrected chi connectivity index (χ1v) is 16.5. The van der Waals surface area contributed by atoms with E-state index >= 15 is 8.78 Å². The number of benzene rings is 2. The normalized spacial score (nSPS) is 19.1. The van der Waals surface area contributed by atoms with Crippen molar-refractivity contribution in [2.75, 3.05) is 59.4 Å². The smallest absolute Gasteiger partial charge is 0.295 e. The number of carbonyl (C=O) groups is 2. The van der Waals surface area contributed by atoms with Gasteiger partial charge in [-0.3, -0.25) is 9.59 Å². The van der Waals surface area contributed by atoms with Gasteiger partial charge < -0.3 is 24.2 Å². The van der Waals surface area contributed by atoms with Crippen molar-refractivity contribution < 1.29 is 32.2 Å². The fraction of sp³-hybridized carbons (Fsp3) is 0.556. The van der Waals surface area contributed by atoms with Gasteiger partial charge in [-0.15, -0.1) is 6.58 Å². The quantitative estimate of drug-likeness (QED) is 0.232. The summed E-state index contributed by atoms with van der Waals surface area (Å²) in [6.45, 7) is 9.26. The molecule has 47 heavy (non-hydrogen) atoms. The number of methoxy groups -OCH3 is 2. The Labute approximate surface area is 281 Å². The standard InChI is InChI=1S/C36H47ClF3N3O4/c1-8-24(2)36(39,40)35(47-7,26-19-27(38)21-29(20-26)46-6)33(45)43-17-13-34(3,14-18-43)23-25-11-15-42(16-12-25)28-9-10-30(31(37)22-28)32(44)41(4)5/h8-10,19-22,24-25H,1,11-18,23H2,2-7H3/t24?,35-/m1/s1. The average Bonchev–Trinajstić information content (AvgIpc) is 3.04. The fourth-order valence-electron chi connectivity index (χ4n) is 7.04. The molecule has 2 atom stereocenters. The van der Waals surface area contributed by atoms with E-state index in [-0.39, 0.29) is 35.7 Å². The molecule has 11 heteroatoms. The molecule has 0 spiro atoms. The van der Waals surface area contributed by atoms with E-state index in [1.54, 1.807) is 20.2 Å². The molecule has 2 aliphatic rings. The van der Waals surface area contributed by atoms with Crippen LogP contribution in [0.25, 0.3) is 0 Å². The lowest BCUT2D eigenvalue weighted by Crippen LogP contribution is -2.61. The number of halogens is 4. The Morgan fingerprint density at radius 2 is 1.74 bits per heavy atom. The zero-order valence-electron chi connectivity index (χ0n) is 28.3. The van der Waals surface area contributed by atoms with E-state index < -0.39 is 29.2 Å². The molecule has 1 unspecified atom stereocenters. The number of amides is 2. The second-order valence-electron chi connectivity index (χ2n) is 13.5. The molecule has 0 saturated carbocycles. The molecule has 2 aromatic rings. The molecule has 0 aliphatic carbocycles. The van der Waals surface area contributed by atoms with Crippen LogP contribution in [0.5, 0.6) is 5.75 Å². The van der Waals surface area contributed by atoms with E-state index in [1.807, 2.05) is 12.1 Å². The van der Waals surface area contributed by atoms with Crippen LogP contribution in [-0.2, 0) is 15.1 Å². The number of likely N-dealkylation sites (tertiary alicyclic amines) is 1. The summed E-state index contributed by atoms with van der Waals surface area (Å²) in [6.07, 6.45) is 5.28. The lowest BCUT2D eigenvalue weighted by molar-refractivity contribution is -0.227. The first-order valence-electron chi connectivity index (χ1n) is 16.1. The van der Waals surface area contributed by atoms with Gasteiger partial charge in [0.05, 0.1) is 17.7 Å². The second-order valence-corrected chi connectivity index (χ2v) is 13.9. The number of hydrogen-bond acceptors (Lipinski definition) is 5. The Kier molecular flexibility index (Phi) is 11.3. The average molecular weight is 678 g/mol. The van der Waals surface area contributed by atoms with Gasteiger partial charge in [-0.25, -0.2) is 13.2 Å². The maximum Gasteiger partial charge on any atom is 0.295 e. The van der Waals surface area contributed by atoms with Crippen molar-refractivity contribution in [1.29, 1.82) is 0 Å². The maximum absolute atomic E-state index is 16.3. The third-order valence-electron chi connectivity index (χ3n) is 10.1. The van der Waals surface area contributed by atoms with Gasteiger partial charge in [0.25, 0.3) is 17.7 Å². The summed E-state index contributed by atoms with van der Waals surface area (Å²) in [5, 5.41) is 0.433. The molecule has 258 valence electrons. The summed E-state index contributed by atoms with van der Waals surface area (Å²) in [5.74, 6) is -6.57. The lowest BCUT2D eigenvalue weighted by Gasteiger charge is -2.47. The van der Waals surface area contributed by atoms with E-state index in [0.717, 1.165) is 63.4 Å². The van der Waals surface area contributed by atoms with Gasteiger partial charge in [0.2, 0.25) is 5.60 Å². The fourth-order valence-corrected chi connectivity index (χ4v) is 7.29. The SMILES string of the molecule is C=CC(C)C(F)(F)[C@](OC)(C(=O)N1CCC(C)(CC2CCN(c3ccc(C(=O)N(C)C)c(Cl)c3)CC2)CC1)c1cc(F)cc(OC)c1. The molecule has 0 aromatic heterocycles. The van der Waals surface area contributed by atoms with Crippen LogP contribution in [0.15, 0.2) is 49.1 Å². The highest BCUT2D eigenvalue weighted by atomic mass is 35.5. The zero-order valence-corrected chi connectivity index (χ0v) is 29.0. The summed E-state index contributed by atoms with van der Waals surface area (Å²) in [7, 11) is 5.75. The summed E-state index contributed by atoms with van der Waals surface area (Å²) < 4.78 is 57.9. The molecule has 2 amide bonds. The van der Waals surface area contributed by atoms with E-state index in [9.17, 15) is 14.0 Å². The van der Waals surface area contributed by atoms with Crippen LogP contribution in [-0.4, -0.2) is 82.0 Å². The molecule has 0 radical (unpaired) electrons. The van der Waals surface area contributed by atoms with Crippen LogP contribution < -0.4 is 9.64 Å². The monoisotopic (exact) mass is 677 g/mol. The number of piperidine rings is 2. The number of rotatable bonds is 11. The molecule has 2 aromatic carbocycles. The summed E-state index contributed by atoms with van der Waals surface area (Å²) in [6, 6.07) is 8.79. The van der Waals surface area contributed by atoms with Crippen molar-refractivity contribution in [1.82, 2.24) is 9.80 Å². The van der Waals surface area contributed by atoms with E-state index in [4.69, 9.17) is 21.1 Å². The Hall–Kier alpha value is -3.24. The van der Waals surface area contributed by atoms with Crippen molar-refractivity contribution in [2.24, 2.45) is 17.3 Å². The van der Waals surface area contributed by atoms with E-state index in [0.29, 0.717) is 29.3 Å². The number of nitrogens with zero attached hydrogens (tertiary/aromatic N) is 3. The number of alkyl halides is 2. The molecule has 4 rings (SSSR count). The Balaban J connectivity index is 1.44. The Bertz CT molecular complexity index is 1450. The van der Waals surface area contributed by atoms with Gasteiger partial charge in [0.1, 0.15) is 11.6 Å². The van der Waals surface area contributed by atoms with Crippen molar-refractivity contribution in [3.63, 3.8) is 0 Å². The van der Waals surface area contributed by atoms with Gasteiger partial charge in [0.15, 0.2) is 0 Å². The summed E-state index contributed by atoms with van der Waals surface area (Å²) >= 11 is 6.46. The number of anilines is 1. The van der Waals surface area contributed by atoms with Crippen molar-refractivity contribution in [2.45, 2.75) is 57.5 Å². The lowest BCUT2D eigenvalue weighted by atomic mass is 9.71. The van der Waals surface area contributed by atoms with E-state index in [1.165, 1.54) is 29.9 Å². The molecular formula is C36H47ClF3N3O4. The number of hydrogen-bond donors (Lipinski definition) is 0. The first kappa shape index (κ1) is 36.6. The number of carbonyl (C=O) groups excluding carboxylic acids is 2. The number of ether oxygens (including phenoxy) is 2. The van der Waals surface area contributed by atoms with Crippen LogP contribution in [0.2, 0.25) is 5.02 Å². The number of allylic oxidation sites excluding steroid dienone is 1. The molecule has 2 heterocycles. The molecular weight excluding hydrogens is 631 g/mol.